The molecule has 3 heteroatoms. The minimum absolute atomic E-state index is 0.102. The zero-order valence-corrected chi connectivity index (χ0v) is 16.8. The van der Waals surface area contributed by atoms with Crippen LogP contribution in [-0.4, -0.2) is 10.9 Å². The molecule has 2 N–H and O–H groups in total. The minimum Gasteiger partial charge on any atom is -0.361 e. The SMILES string of the molecule is CC(C)c1cccc(C(C)C)c1NC(=O)CCCc1c[nH]c2ccccc12. The molecule has 1 heterocycles. The Morgan fingerprint density at radius 1 is 0.963 bits per heavy atom. The van der Waals surface area contributed by atoms with E-state index in [0.717, 1.165) is 24.0 Å². The van der Waals surface area contributed by atoms with Crippen LogP contribution in [0.15, 0.2) is 48.7 Å². The summed E-state index contributed by atoms with van der Waals surface area (Å²) in [6.07, 6.45) is 4.34. The van der Waals surface area contributed by atoms with Gasteiger partial charge in [-0.1, -0.05) is 64.1 Å². The van der Waals surface area contributed by atoms with Crippen LogP contribution in [0.3, 0.4) is 0 Å². The maximum Gasteiger partial charge on any atom is 0.224 e. The third-order valence-electron chi connectivity index (χ3n) is 5.16. The number of aromatic nitrogens is 1. The van der Waals surface area contributed by atoms with E-state index in [1.807, 2.05) is 6.07 Å². The van der Waals surface area contributed by atoms with Crippen molar-refractivity contribution in [3.63, 3.8) is 0 Å². The Labute approximate surface area is 162 Å². The van der Waals surface area contributed by atoms with Gasteiger partial charge in [-0.2, -0.15) is 0 Å². The first-order valence-corrected chi connectivity index (χ1v) is 9.95. The number of hydrogen-bond acceptors (Lipinski definition) is 1. The van der Waals surface area contributed by atoms with Crippen molar-refractivity contribution in [1.29, 1.82) is 0 Å². The molecular formula is C24H30N2O. The second-order valence-electron chi connectivity index (χ2n) is 7.88. The van der Waals surface area contributed by atoms with Gasteiger partial charge in [0.25, 0.3) is 0 Å². The van der Waals surface area contributed by atoms with Crippen molar-refractivity contribution in [3.8, 4) is 0 Å². The van der Waals surface area contributed by atoms with Gasteiger partial charge in [-0.15, -0.1) is 0 Å². The van der Waals surface area contributed by atoms with E-state index < -0.39 is 0 Å². The molecule has 0 aliphatic carbocycles. The number of aryl methyl sites for hydroxylation is 1. The predicted octanol–water partition coefficient (Wildman–Crippen LogP) is 6.38. The van der Waals surface area contributed by atoms with Crippen LogP contribution >= 0.6 is 0 Å². The van der Waals surface area contributed by atoms with Crippen LogP contribution in [0.5, 0.6) is 0 Å². The summed E-state index contributed by atoms with van der Waals surface area (Å²) < 4.78 is 0. The average Bonchev–Trinajstić information content (AvgIpc) is 3.05. The molecule has 2 aromatic carbocycles. The Balaban J connectivity index is 1.66. The maximum absolute atomic E-state index is 12.6. The summed E-state index contributed by atoms with van der Waals surface area (Å²) >= 11 is 0. The Kier molecular flexibility index (Phi) is 6.00. The highest BCUT2D eigenvalue weighted by Gasteiger charge is 2.16. The Morgan fingerprint density at radius 2 is 1.63 bits per heavy atom. The fourth-order valence-electron chi connectivity index (χ4n) is 3.68. The van der Waals surface area contributed by atoms with E-state index in [2.05, 4.69) is 80.6 Å². The van der Waals surface area contributed by atoms with Crippen molar-refractivity contribution in [2.45, 2.75) is 58.8 Å². The molecule has 27 heavy (non-hydrogen) atoms. The van der Waals surface area contributed by atoms with Gasteiger partial charge in [0.05, 0.1) is 0 Å². The van der Waals surface area contributed by atoms with Gasteiger partial charge in [-0.3, -0.25) is 4.79 Å². The molecule has 0 fully saturated rings. The van der Waals surface area contributed by atoms with Crippen molar-refractivity contribution in [2.75, 3.05) is 5.32 Å². The van der Waals surface area contributed by atoms with Gasteiger partial charge in [0.1, 0.15) is 0 Å². The van der Waals surface area contributed by atoms with Gasteiger partial charge < -0.3 is 10.3 Å². The molecule has 0 aliphatic rings. The standard InChI is InChI=1S/C24H30N2O/c1-16(2)19-11-8-12-20(17(3)4)24(19)26-23(27)14-7-9-18-15-25-22-13-6-5-10-21(18)22/h5-6,8,10-13,15-17,25H,7,9,14H2,1-4H3,(H,26,27). The zero-order chi connectivity index (χ0) is 19.4. The van der Waals surface area contributed by atoms with Gasteiger partial charge in [0.2, 0.25) is 5.91 Å². The fourth-order valence-corrected chi connectivity index (χ4v) is 3.68. The molecule has 0 radical (unpaired) electrons. The monoisotopic (exact) mass is 362 g/mol. The molecule has 0 saturated carbocycles. The highest BCUT2D eigenvalue weighted by atomic mass is 16.1. The van der Waals surface area contributed by atoms with Crippen molar-refractivity contribution in [2.24, 2.45) is 0 Å². The van der Waals surface area contributed by atoms with Crippen molar-refractivity contribution < 1.29 is 4.79 Å². The molecular weight excluding hydrogens is 332 g/mol. The number of aromatic amines is 1. The average molecular weight is 363 g/mol. The summed E-state index contributed by atoms with van der Waals surface area (Å²) in [5, 5.41) is 4.47. The first-order chi connectivity index (χ1) is 13.0. The first-order valence-electron chi connectivity index (χ1n) is 9.95. The van der Waals surface area contributed by atoms with Crippen LogP contribution < -0.4 is 5.32 Å². The van der Waals surface area contributed by atoms with Gasteiger partial charge in [-0.25, -0.2) is 0 Å². The largest absolute Gasteiger partial charge is 0.361 e. The van der Waals surface area contributed by atoms with Crippen LogP contribution in [0.1, 0.15) is 69.1 Å². The quantitative estimate of drug-likeness (QED) is 0.503. The van der Waals surface area contributed by atoms with Crippen LogP contribution in [0, 0.1) is 0 Å². The summed E-state index contributed by atoms with van der Waals surface area (Å²) in [4.78, 5) is 15.9. The maximum atomic E-state index is 12.6. The lowest BCUT2D eigenvalue weighted by Crippen LogP contribution is -2.15. The fraction of sp³-hybridized carbons (Fsp3) is 0.375. The summed E-state index contributed by atoms with van der Waals surface area (Å²) in [6.45, 7) is 8.69. The molecule has 3 aromatic rings. The number of para-hydroxylation sites is 2. The van der Waals surface area contributed by atoms with E-state index in [9.17, 15) is 4.79 Å². The van der Waals surface area contributed by atoms with Crippen molar-refractivity contribution >= 4 is 22.5 Å². The highest BCUT2D eigenvalue weighted by molar-refractivity contribution is 5.92. The number of rotatable bonds is 7. The number of carbonyl (C=O) groups is 1. The van der Waals surface area contributed by atoms with Gasteiger partial charge >= 0.3 is 0 Å². The predicted molar refractivity (Wildman–Crippen MR) is 114 cm³/mol. The van der Waals surface area contributed by atoms with E-state index in [1.54, 1.807) is 0 Å². The zero-order valence-electron chi connectivity index (χ0n) is 16.8. The molecule has 1 aromatic heterocycles. The van der Waals surface area contributed by atoms with E-state index in [0.29, 0.717) is 18.3 Å². The van der Waals surface area contributed by atoms with E-state index in [1.165, 1.54) is 22.1 Å². The topological polar surface area (TPSA) is 44.9 Å². The van der Waals surface area contributed by atoms with Crippen LogP contribution in [-0.2, 0) is 11.2 Å². The lowest BCUT2D eigenvalue weighted by atomic mass is 9.92. The second kappa shape index (κ2) is 8.43. The summed E-state index contributed by atoms with van der Waals surface area (Å²) in [6, 6.07) is 14.7. The highest BCUT2D eigenvalue weighted by Crippen LogP contribution is 2.32. The Hall–Kier alpha value is -2.55. The summed E-state index contributed by atoms with van der Waals surface area (Å²) in [7, 11) is 0. The number of fused-ring (bicyclic) bond motifs is 1. The summed E-state index contributed by atoms with van der Waals surface area (Å²) in [5.41, 5.74) is 5.88. The Bertz CT molecular complexity index is 895. The smallest absolute Gasteiger partial charge is 0.224 e. The number of hydrogen-bond donors (Lipinski definition) is 2. The molecule has 3 rings (SSSR count). The van der Waals surface area contributed by atoms with Crippen LogP contribution in [0.2, 0.25) is 0 Å². The molecule has 0 spiro atoms. The minimum atomic E-state index is 0.102. The van der Waals surface area contributed by atoms with Crippen LogP contribution in [0.4, 0.5) is 5.69 Å². The van der Waals surface area contributed by atoms with E-state index in [-0.39, 0.29) is 5.91 Å². The van der Waals surface area contributed by atoms with Gasteiger partial charge in [-0.05, 0) is 47.4 Å². The number of nitrogens with one attached hydrogen (secondary N) is 2. The molecule has 3 nitrogen and oxygen atoms in total. The number of benzene rings is 2. The third-order valence-corrected chi connectivity index (χ3v) is 5.16. The van der Waals surface area contributed by atoms with Crippen molar-refractivity contribution in [1.82, 2.24) is 4.98 Å². The van der Waals surface area contributed by atoms with Gasteiger partial charge in [0, 0.05) is 29.2 Å². The van der Waals surface area contributed by atoms with E-state index in [4.69, 9.17) is 0 Å². The van der Waals surface area contributed by atoms with Crippen LogP contribution in [0.25, 0.3) is 10.9 Å². The number of amides is 1. The molecule has 0 saturated heterocycles. The molecule has 0 atom stereocenters. The molecule has 1 amide bonds. The Morgan fingerprint density at radius 3 is 2.30 bits per heavy atom. The second-order valence-corrected chi connectivity index (χ2v) is 7.88. The lowest BCUT2D eigenvalue weighted by Gasteiger charge is -2.20. The van der Waals surface area contributed by atoms with Crippen molar-refractivity contribution in [3.05, 3.63) is 65.4 Å². The number of anilines is 1. The molecule has 0 aliphatic heterocycles. The number of carbonyl (C=O) groups excluding carboxylic acids is 1. The molecule has 0 bridgehead atoms. The first kappa shape index (κ1) is 19.2. The van der Waals surface area contributed by atoms with E-state index >= 15 is 0 Å². The lowest BCUT2D eigenvalue weighted by molar-refractivity contribution is -0.116. The third kappa shape index (κ3) is 4.41. The summed E-state index contributed by atoms with van der Waals surface area (Å²) in [5.74, 6) is 0.861. The molecule has 0 unspecified atom stereocenters. The molecule has 142 valence electrons. The number of H-pyrrole nitrogens is 1. The van der Waals surface area contributed by atoms with Gasteiger partial charge in [0.15, 0.2) is 0 Å². The normalized spacial score (nSPS) is 11.5.